The van der Waals surface area contributed by atoms with E-state index in [4.69, 9.17) is 5.11 Å². The van der Waals surface area contributed by atoms with Gasteiger partial charge in [0.1, 0.15) is 5.65 Å². The largest absolute Gasteiger partial charge is 0.469 e. The first-order chi connectivity index (χ1) is 7.72. The van der Waals surface area contributed by atoms with Gasteiger partial charge >= 0.3 is 5.97 Å². The van der Waals surface area contributed by atoms with Crippen LogP contribution in [0.5, 0.6) is 0 Å². The number of fused-ring (bicyclic) bond motifs is 1. The average molecular weight is 220 g/mol. The summed E-state index contributed by atoms with van der Waals surface area (Å²) in [5, 5.41) is 8.98. The van der Waals surface area contributed by atoms with Crippen LogP contribution in [0.3, 0.4) is 0 Å². The minimum absolute atomic E-state index is 0.0134. The molecule has 5 nitrogen and oxygen atoms in total. The number of rotatable bonds is 3. The van der Waals surface area contributed by atoms with Gasteiger partial charge < -0.3 is 14.2 Å². The van der Waals surface area contributed by atoms with Crippen molar-refractivity contribution in [3.8, 4) is 0 Å². The number of ether oxygens (including phenoxy) is 1. The molecule has 2 aromatic heterocycles. The molecule has 0 saturated carbocycles. The molecule has 0 unspecified atom stereocenters. The third-order valence-corrected chi connectivity index (χ3v) is 2.30. The number of aromatic nitrogens is 2. The molecular formula is C11H12N2O3. The topological polar surface area (TPSA) is 63.8 Å². The van der Waals surface area contributed by atoms with Crippen molar-refractivity contribution in [3.05, 3.63) is 35.8 Å². The van der Waals surface area contributed by atoms with Crippen molar-refractivity contribution >= 4 is 11.6 Å². The van der Waals surface area contributed by atoms with Crippen LogP contribution < -0.4 is 0 Å². The number of aliphatic hydroxyl groups excluding tert-OH is 1. The van der Waals surface area contributed by atoms with Crippen molar-refractivity contribution in [2.45, 2.75) is 13.0 Å². The lowest BCUT2D eigenvalue weighted by Crippen LogP contribution is -2.04. The second-order valence-electron chi connectivity index (χ2n) is 3.45. The molecule has 0 bridgehead atoms. The van der Waals surface area contributed by atoms with E-state index in [-0.39, 0.29) is 19.0 Å². The zero-order valence-corrected chi connectivity index (χ0v) is 8.88. The Balaban J connectivity index is 2.32. The SMILES string of the molecule is COC(=O)Cc1cn2cc(CO)ccc2n1. The van der Waals surface area contributed by atoms with E-state index in [0.29, 0.717) is 5.69 Å². The summed E-state index contributed by atoms with van der Waals surface area (Å²) < 4.78 is 6.35. The number of aliphatic hydroxyl groups is 1. The van der Waals surface area contributed by atoms with Gasteiger partial charge in [0.15, 0.2) is 0 Å². The summed E-state index contributed by atoms with van der Waals surface area (Å²) in [6.07, 6.45) is 3.70. The maximum atomic E-state index is 11.1. The molecule has 0 atom stereocenters. The number of carbonyl (C=O) groups is 1. The highest BCUT2D eigenvalue weighted by Gasteiger charge is 2.07. The van der Waals surface area contributed by atoms with Crippen LogP contribution in [0.15, 0.2) is 24.5 Å². The Labute approximate surface area is 92.3 Å². The van der Waals surface area contributed by atoms with E-state index in [2.05, 4.69) is 9.72 Å². The lowest BCUT2D eigenvalue weighted by molar-refractivity contribution is -0.139. The Bertz CT molecular complexity index is 519. The molecule has 2 rings (SSSR count). The van der Waals surface area contributed by atoms with Gasteiger partial charge in [-0.15, -0.1) is 0 Å². The Morgan fingerprint density at radius 1 is 1.50 bits per heavy atom. The number of nitrogens with zero attached hydrogens (tertiary/aromatic N) is 2. The monoisotopic (exact) mass is 220 g/mol. The van der Waals surface area contributed by atoms with Crippen molar-refractivity contribution in [1.29, 1.82) is 0 Å². The van der Waals surface area contributed by atoms with Gasteiger partial charge in [0, 0.05) is 12.4 Å². The molecule has 16 heavy (non-hydrogen) atoms. The van der Waals surface area contributed by atoms with Gasteiger partial charge in [-0.25, -0.2) is 4.98 Å². The number of esters is 1. The van der Waals surface area contributed by atoms with Crippen LogP contribution in [0.2, 0.25) is 0 Å². The molecule has 0 aliphatic heterocycles. The van der Waals surface area contributed by atoms with Gasteiger partial charge in [0.2, 0.25) is 0 Å². The van der Waals surface area contributed by atoms with Gasteiger partial charge in [-0.1, -0.05) is 6.07 Å². The molecule has 0 radical (unpaired) electrons. The van der Waals surface area contributed by atoms with Crippen LogP contribution in [0.1, 0.15) is 11.3 Å². The summed E-state index contributed by atoms with van der Waals surface area (Å²) in [7, 11) is 1.35. The summed E-state index contributed by atoms with van der Waals surface area (Å²) in [6, 6.07) is 3.59. The smallest absolute Gasteiger partial charge is 0.311 e. The summed E-state index contributed by atoms with van der Waals surface area (Å²) in [6.45, 7) is -0.0134. The van der Waals surface area contributed by atoms with E-state index in [1.165, 1.54) is 7.11 Å². The van der Waals surface area contributed by atoms with Gasteiger partial charge in [-0.2, -0.15) is 0 Å². The van der Waals surface area contributed by atoms with Crippen LogP contribution in [0, 0.1) is 0 Å². The number of pyridine rings is 1. The fourth-order valence-electron chi connectivity index (χ4n) is 1.49. The maximum Gasteiger partial charge on any atom is 0.311 e. The van der Waals surface area contributed by atoms with Gasteiger partial charge in [0.25, 0.3) is 0 Å². The molecule has 0 aromatic carbocycles. The highest BCUT2D eigenvalue weighted by atomic mass is 16.5. The lowest BCUT2D eigenvalue weighted by atomic mass is 10.3. The zero-order valence-electron chi connectivity index (χ0n) is 8.88. The number of methoxy groups -OCH3 is 1. The van der Waals surface area contributed by atoms with Crippen LogP contribution in [-0.4, -0.2) is 27.6 Å². The molecule has 2 heterocycles. The maximum absolute atomic E-state index is 11.1. The normalized spacial score (nSPS) is 10.6. The lowest BCUT2D eigenvalue weighted by Gasteiger charge is -1.96. The zero-order chi connectivity index (χ0) is 11.5. The first kappa shape index (κ1) is 10.6. The first-order valence-corrected chi connectivity index (χ1v) is 4.87. The highest BCUT2D eigenvalue weighted by molar-refractivity contribution is 5.72. The molecule has 5 heteroatoms. The number of hydrogen-bond donors (Lipinski definition) is 1. The predicted molar refractivity (Wildman–Crippen MR) is 56.8 cm³/mol. The third-order valence-electron chi connectivity index (χ3n) is 2.30. The number of carbonyl (C=O) groups excluding carboxylic acids is 1. The third kappa shape index (κ3) is 2.04. The Kier molecular flexibility index (Phi) is 2.87. The van der Waals surface area contributed by atoms with Crippen LogP contribution >= 0.6 is 0 Å². The highest BCUT2D eigenvalue weighted by Crippen LogP contribution is 2.08. The standard InChI is InChI=1S/C11H12N2O3/c1-16-11(15)4-9-6-13-5-8(7-14)2-3-10(13)12-9/h2-3,5-6,14H,4,7H2,1H3. The van der Waals surface area contributed by atoms with Gasteiger partial charge in [-0.05, 0) is 11.6 Å². The molecule has 0 saturated heterocycles. The summed E-state index contributed by atoms with van der Waals surface area (Å²) in [5.41, 5.74) is 2.20. The fourth-order valence-corrected chi connectivity index (χ4v) is 1.49. The minimum atomic E-state index is -0.314. The molecule has 2 aromatic rings. The van der Waals surface area contributed by atoms with Gasteiger partial charge in [0.05, 0.1) is 25.8 Å². The van der Waals surface area contributed by atoms with Crippen LogP contribution in [-0.2, 0) is 22.6 Å². The molecule has 0 aliphatic rings. The Morgan fingerprint density at radius 3 is 3.00 bits per heavy atom. The molecule has 0 fully saturated rings. The Morgan fingerprint density at radius 2 is 2.31 bits per heavy atom. The molecule has 0 spiro atoms. The number of imidazole rings is 1. The van der Waals surface area contributed by atoms with Crippen molar-refractivity contribution in [2.24, 2.45) is 0 Å². The van der Waals surface area contributed by atoms with Crippen LogP contribution in [0.25, 0.3) is 5.65 Å². The van der Waals surface area contributed by atoms with E-state index in [0.717, 1.165) is 11.2 Å². The van der Waals surface area contributed by atoms with Crippen molar-refractivity contribution in [3.63, 3.8) is 0 Å². The van der Waals surface area contributed by atoms with E-state index in [1.54, 1.807) is 28.9 Å². The van der Waals surface area contributed by atoms with E-state index >= 15 is 0 Å². The van der Waals surface area contributed by atoms with E-state index in [1.807, 2.05) is 0 Å². The molecule has 0 aliphatic carbocycles. The van der Waals surface area contributed by atoms with E-state index in [9.17, 15) is 4.79 Å². The summed E-state index contributed by atoms with van der Waals surface area (Å²) in [5.74, 6) is -0.314. The first-order valence-electron chi connectivity index (χ1n) is 4.87. The molecular weight excluding hydrogens is 208 g/mol. The fraction of sp³-hybridized carbons (Fsp3) is 0.273. The molecule has 1 N–H and O–H groups in total. The molecule has 0 amide bonds. The van der Waals surface area contributed by atoms with Gasteiger partial charge in [-0.3, -0.25) is 4.79 Å². The quantitative estimate of drug-likeness (QED) is 0.767. The van der Waals surface area contributed by atoms with Crippen molar-refractivity contribution < 1.29 is 14.6 Å². The summed E-state index contributed by atoms with van der Waals surface area (Å²) in [4.78, 5) is 15.3. The van der Waals surface area contributed by atoms with E-state index < -0.39 is 0 Å². The average Bonchev–Trinajstić information content (AvgIpc) is 2.69. The predicted octanol–water partition coefficient (Wildman–Crippen LogP) is 0.542. The van der Waals surface area contributed by atoms with Crippen molar-refractivity contribution in [2.75, 3.05) is 7.11 Å². The Hall–Kier alpha value is -1.88. The summed E-state index contributed by atoms with van der Waals surface area (Å²) >= 11 is 0. The second-order valence-corrected chi connectivity index (χ2v) is 3.45. The van der Waals surface area contributed by atoms with Crippen LogP contribution in [0.4, 0.5) is 0 Å². The number of hydrogen-bond acceptors (Lipinski definition) is 4. The minimum Gasteiger partial charge on any atom is -0.469 e. The van der Waals surface area contributed by atoms with Crippen molar-refractivity contribution in [1.82, 2.24) is 9.38 Å². The molecule has 84 valence electrons. The second kappa shape index (κ2) is 4.32.